The molecule has 4 heteroatoms. The summed E-state index contributed by atoms with van der Waals surface area (Å²) in [5.41, 5.74) is -0.144. The lowest BCUT2D eigenvalue weighted by Crippen LogP contribution is -1.93. The van der Waals surface area contributed by atoms with E-state index in [2.05, 4.69) is 0 Å². The maximum Gasteiger partial charge on any atom is 0.166 e. The Hall–Kier alpha value is -1.29. The van der Waals surface area contributed by atoms with Gasteiger partial charge in [0, 0.05) is 0 Å². The summed E-state index contributed by atoms with van der Waals surface area (Å²) in [4.78, 5) is 0. The van der Waals surface area contributed by atoms with E-state index in [1.54, 1.807) is 0 Å². The van der Waals surface area contributed by atoms with E-state index in [9.17, 15) is 9.50 Å². The molecule has 0 atom stereocenters. The van der Waals surface area contributed by atoms with Crippen molar-refractivity contribution in [1.82, 2.24) is 0 Å². The van der Waals surface area contributed by atoms with Gasteiger partial charge in [0.15, 0.2) is 11.5 Å². The van der Waals surface area contributed by atoms with Crippen molar-refractivity contribution in [2.24, 2.45) is 0 Å². The largest absolute Gasteiger partial charge is 0.504 e. The molecule has 3 nitrogen and oxygen atoms in total. The van der Waals surface area contributed by atoms with Gasteiger partial charge in [-0.2, -0.15) is 0 Å². The van der Waals surface area contributed by atoms with Crippen molar-refractivity contribution in [2.75, 3.05) is 7.11 Å². The normalized spacial score (nSPS) is 9.92. The van der Waals surface area contributed by atoms with Gasteiger partial charge >= 0.3 is 0 Å². The van der Waals surface area contributed by atoms with Gasteiger partial charge in [-0.1, -0.05) is 0 Å². The predicted octanol–water partition coefficient (Wildman–Crippen LogP) is 1.03. The summed E-state index contributed by atoms with van der Waals surface area (Å²) >= 11 is 0. The second-order valence-electron chi connectivity index (χ2n) is 2.23. The number of aliphatic hydroxyl groups is 1. The molecule has 0 aromatic heterocycles. The molecule has 2 N–H and O–H groups in total. The van der Waals surface area contributed by atoms with Crippen LogP contribution in [0.5, 0.6) is 11.5 Å². The summed E-state index contributed by atoms with van der Waals surface area (Å²) < 4.78 is 17.5. The predicted molar refractivity (Wildman–Crippen MR) is 40.5 cm³/mol. The highest BCUT2D eigenvalue weighted by Gasteiger charge is 2.11. The number of hydrogen-bond donors (Lipinski definition) is 2. The highest BCUT2D eigenvalue weighted by atomic mass is 19.1. The summed E-state index contributed by atoms with van der Waals surface area (Å²) in [5.74, 6) is -0.837. The summed E-state index contributed by atoms with van der Waals surface area (Å²) in [6, 6.07) is 2.42. The van der Waals surface area contributed by atoms with E-state index in [-0.39, 0.29) is 17.1 Å². The number of aromatic hydroxyl groups is 1. The van der Waals surface area contributed by atoms with Crippen LogP contribution in [0.2, 0.25) is 0 Å². The molecule has 12 heavy (non-hydrogen) atoms. The van der Waals surface area contributed by atoms with Gasteiger partial charge in [-0.05, 0) is 12.1 Å². The zero-order valence-electron chi connectivity index (χ0n) is 6.54. The highest BCUT2D eigenvalue weighted by Crippen LogP contribution is 2.31. The van der Waals surface area contributed by atoms with Gasteiger partial charge in [-0.25, -0.2) is 4.39 Å². The van der Waals surface area contributed by atoms with E-state index < -0.39 is 12.4 Å². The third-order valence-electron chi connectivity index (χ3n) is 1.57. The van der Waals surface area contributed by atoms with E-state index in [1.807, 2.05) is 0 Å². The molecule has 0 radical (unpaired) electrons. The third-order valence-corrected chi connectivity index (χ3v) is 1.57. The van der Waals surface area contributed by atoms with Gasteiger partial charge in [0.2, 0.25) is 0 Å². The van der Waals surface area contributed by atoms with Crippen molar-refractivity contribution < 1.29 is 19.3 Å². The fraction of sp³-hybridized carbons (Fsp3) is 0.250. The first-order valence-electron chi connectivity index (χ1n) is 3.36. The number of halogens is 1. The smallest absolute Gasteiger partial charge is 0.166 e. The number of aliphatic hydroxyl groups excluding tert-OH is 1. The average Bonchev–Trinajstić information content (AvgIpc) is 2.06. The van der Waals surface area contributed by atoms with Gasteiger partial charge in [0.1, 0.15) is 5.82 Å². The Labute approximate surface area is 69.0 Å². The van der Waals surface area contributed by atoms with Crippen LogP contribution in [0.15, 0.2) is 12.1 Å². The molecule has 1 rings (SSSR count). The van der Waals surface area contributed by atoms with E-state index in [4.69, 9.17) is 9.84 Å². The third kappa shape index (κ3) is 1.33. The summed E-state index contributed by atoms with van der Waals surface area (Å²) in [5, 5.41) is 17.9. The van der Waals surface area contributed by atoms with Crippen molar-refractivity contribution in [3.05, 3.63) is 23.5 Å². The summed E-state index contributed by atoms with van der Waals surface area (Å²) in [7, 11) is 1.36. The van der Waals surface area contributed by atoms with Gasteiger partial charge in [-0.3, -0.25) is 0 Å². The number of phenols is 1. The van der Waals surface area contributed by atoms with Crippen molar-refractivity contribution in [1.29, 1.82) is 0 Å². The number of ether oxygens (including phenoxy) is 1. The Morgan fingerprint density at radius 3 is 2.67 bits per heavy atom. The van der Waals surface area contributed by atoms with Crippen LogP contribution in [0.25, 0.3) is 0 Å². The molecule has 66 valence electrons. The van der Waals surface area contributed by atoms with Crippen LogP contribution in [-0.2, 0) is 6.61 Å². The quantitative estimate of drug-likeness (QED) is 0.700. The molecule has 0 amide bonds. The summed E-state index contributed by atoms with van der Waals surface area (Å²) in [6.45, 7) is -0.547. The number of hydrogen-bond acceptors (Lipinski definition) is 3. The fourth-order valence-corrected chi connectivity index (χ4v) is 0.905. The van der Waals surface area contributed by atoms with E-state index in [0.29, 0.717) is 0 Å². The van der Waals surface area contributed by atoms with Gasteiger partial charge in [0.05, 0.1) is 19.3 Å². The number of methoxy groups -OCH3 is 1. The molecule has 0 spiro atoms. The standard InChI is InChI=1S/C8H9FO3/c1-12-7-3-2-6(9)5(4-10)8(7)11/h2-3,10-11H,4H2,1H3. The molecular weight excluding hydrogens is 163 g/mol. The lowest BCUT2D eigenvalue weighted by atomic mass is 10.2. The molecule has 1 aromatic rings. The second kappa shape index (κ2) is 3.40. The van der Waals surface area contributed by atoms with Crippen molar-refractivity contribution in [2.45, 2.75) is 6.61 Å². The van der Waals surface area contributed by atoms with Crippen molar-refractivity contribution in [3.63, 3.8) is 0 Å². The number of rotatable bonds is 2. The minimum Gasteiger partial charge on any atom is -0.504 e. The second-order valence-corrected chi connectivity index (χ2v) is 2.23. The van der Waals surface area contributed by atoms with Crippen LogP contribution in [-0.4, -0.2) is 17.3 Å². The topological polar surface area (TPSA) is 49.7 Å². The van der Waals surface area contributed by atoms with Crippen LogP contribution >= 0.6 is 0 Å². The molecule has 0 aliphatic heterocycles. The van der Waals surface area contributed by atoms with Crippen LogP contribution in [0.3, 0.4) is 0 Å². The molecule has 1 aromatic carbocycles. The zero-order valence-corrected chi connectivity index (χ0v) is 6.54. The molecule has 0 heterocycles. The van der Waals surface area contributed by atoms with Gasteiger partial charge < -0.3 is 14.9 Å². The lowest BCUT2D eigenvalue weighted by molar-refractivity contribution is 0.265. The molecule has 0 bridgehead atoms. The Bertz CT molecular complexity index is 286. The number of benzene rings is 1. The first-order chi connectivity index (χ1) is 5.70. The van der Waals surface area contributed by atoms with E-state index >= 15 is 0 Å². The average molecular weight is 172 g/mol. The summed E-state index contributed by atoms with van der Waals surface area (Å²) in [6.07, 6.45) is 0. The maximum atomic E-state index is 12.8. The molecule has 0 unspecified atom stereocenters. The molecule has 0 fully saturated rings. The monoisotopic (exact) mass is 172 g/mol. The molecule has 0 aliphatic carbocycles. The SMILES string of the molecule is COc1ccc(F)c(CO)c1O. The Balaban J connectivity index is 3.24. The zero-order chi connectivity index (χ0) is 9.14. The highest BCUT2D eigenvalue weighted by molar-refractivity contribution is 5.45. The first kappa shape index (κ1) is 8.80. The van der Waals surface area contributed by atoms with Crippen LogP contribution in [0.4, 0.5) is 4.39 Å². The first-order valence-corrected chi connectivity index (χ1v) is 3.36. The fourth-order valence-electron chi connectivity index (χ4n) is 0.905. The molecule has 0 aliphatic rings. The van der Waals surface area contributed by atoms with Crippen LogP contribution in [0.1, 0.15) is 5.56 Å². The van der Waals surface area contributed by atoms with Gasteiger partial charge in [0.25, 0.3) is 0 Å². The Kier molecular flexibility index (Phi) is 2.50. The molecular formula is C8H9FO3. The van der Waals surface area contributed by atoms with Gasteiger partial charge in [-0.15, -0.1) is 0 Å². The van der Waals surface area contributed by atoms with Crippen LogP contribution < -0.4 is 4.74 Å². The Morgan fingerprint density at radius 1 is 1.50 bits per heavy atom. The van der Waals surface area contributed by atoms with Crippen molar-refractivity contribution >= 4 is 0 Å². The Morgan fingerprint density at radius 2 is 2.17 bits per heavy atom. The minimum absolute atomic E-state index is 0.144. The minimum atomic E-state index is -0.643. The van der Waals surface area contributed by atoms with E-state index in [1.165, 1.54) is 13.2 Å². The van der Waals surface area contributed by atoms with Crippen LogP contribution in [0, 0.1) is 5.82 Å². The lowest BCUT2D eigenvalue weighted by Gasteiger charge is -2.07. The van der Waals surface area contributed by atoms with E-state index in [0.717, 1.165) is 6.07 Å². The maximum absolute atomic E-state index is 12.8. The molecule has 0 saturated heterocycles. The van der Waals surface area contributed by atoms with Crippen molar-refractivity contribution in [3.8, 4) is 11.5 Å². The molecule has 0 saturated carbocycles.